The minimum atomic E-state index is -0.456. The summed E-state index contributed by atoms with van der Waals surface area (Å²) in [5.74, 6) is 0.0475. The van der Waals surface area contributed by atoms with E-state index in [4.69, 9.17) is 0 Å². The summed E-state index contributed by atoms with van der Waals surface area (Å²) in [7, 11) is 1.65. The number of carbonyl (C=O) groups is 2. The van der Waals surface area contributed by atoms with Gasteiger partial charge in [-0.15, -0.1) is 11.8 Å². The van der Waals surface area contributed by atoms with Gasteiger partial charge in [-0.05, 0) is 30.7 Å². The van der Waals surface area contributed by atoms with E-state index in [1.807, 2.05) is 13.0 Å². The Morgan fingerprint density at radius 2 is 2.08 bits per heavy atom. The lowest BCUT2D eigenvalue weighted by atomic mass is 10.1. The molecule has 2 amide bonds. The van der Waals surface area contributed by atoms with Crippen LogP contribution in [0, 0.1) is 10.1 Å². The molecule has 1 atom stereocenters. The van der Waals surface area contributed by atoms with Crippen LogP contribution < -0.4 is 5.32 Å². The number of nitrogens with one attached hydrogen (secondary N) is 1. The first-order valence-electron chi connectivity index (χ1n) is 7.95. The molecule has 3 rings (SSSR count). The molecule has 0 saturated carbocycles. The van der Waals surface area contributed by atoms with Crippen LogP contribution in [0.25, 0.3) is 0 Å². The van der Waals surface area contributed by atoms with Gasteiger partial charge in [-0.2, -0.15) is 0 Å². The minimum absolute atomic E-state index is 0.0104. The fourth-order valence-electron chi connectivity index (χ4n) is 2.72. The van der Waals surface area contributed by atoms with Crippen LogP contribution in [0.3, 0.4) is 0 Å². The summed E-state index contributed by atoms with van der Waals surface area (Å²) in [5, 5.41) is 13.7. The largest absolute Gasteiger partial charge is 0.335 e. The number of fused-ring (bicyclic) bond motifs is 1. The number of nitro groups is 1. The zero-order valence-electron chi connectivity index (χ0n) is 14.3. The fourth-order valence-corrected chi connectivity index (χ4v) is 3.51. The highest BCUT2D eigenvalue weighted by molar-refractivity contribution is 8.00. The Hall–Kier alpha value is -2.87. The maximum atomic E-state index is 12.8. The predicted octanol–water partition coefficient (Wildman–Crippen LogP) is 3.47. The second-order valence-electron chi connectivity index (χ2n) is 5.99. The molecule has 0 aromatic heterocycles. The Balaban J connectivity index is 1.83. The van der Waals surface area contributed by atoms with Gasteiger partial charge in [-0.25, -0.2) is 0 Å². The van der Waals surface area contributed by atoms with E-state index < -0.39 is 4.92 Å². The molecule has 1 aliphatic heterocycles. The molecule has 0 spiro atoms. The van der Waals surface area contributed by atoms with Gasteiger partial charge in [0.25, 0.3) is 11.6 Å². The lowest BCUT2D eigenvalue weighted by Crippen LogP contribution is -2.30. The molecule has 0 bridgehead atoms. The Labute approximate surface area is 154 Å². The van der Waals surface area contributed by atoms with Crippen molar-refractivity contribution in [2.75, 3.05) is 18.1 Å². The smallest absolute Gasteiger partial charge is 0.269 e. The second-order valence-corrected chi connectivity index (χ2v) is 7.01. The Morgan fingerprint density at radius 3 is 2.81 bits per heavy atom. The van der Waals surface area contributed by atoms with Gasteiger partial charge in [-0.1, -0.05) is 12.1 Å². The van der Waals surface area contributed by atoms with Crippen molar-refractivity contribution in [3.8, 4) is 0 Å². The number of non-ortho nitro benzene ring substituents is 1. The minimum Gasteiger partial charge on any atom is -0.335 e. The lowest BCUT2D eigenvalue weighted by Gasteiger charge is -2.26. The van der Waals surface area contributed by atoms with Crippen LogP contribution >= 0.6 is 11.8 Å². The van der Waals surface area contributed by atoms with E-state index in [0.717, 1.165) is 4.90 Å². The van der Waals surface area contributed by atoms with E-state index in [9.17, 15) is 19.7 Å². The van der Waals surface area contributed by atoms with Crippen molar-refractivity contribution in [1.29, 1.82) is 0 Å². The van der Waals surface area contributed by atoms with Gasteiger partial charge < -0.3 is 10.2 Å². The number of benzene rings is 2. The zero-order valence-corrected chi connectivity index (χ0v) is 15.1. The molecule has 0 fully saturated rings. The van der Waals surface area contributed by atoms with Gasteiger partial charge in [0.15, 0.2) is 0 Å². The van der Waals surface area contributed by atoms with Crippen LogP contribution in [0.5, 0.6) is 0 Å². The van der Waals surface area contributed by atoms with Gasteiger partial charge in [0.05, 0.1) is 22.4 Å². The fraction of sp³-hybridized carbons (Fsp3) is 0.222. The number of nitro benzene ring substituents is 1. The van der Waals surface area contributed by atoms with Crippen LogP contribution in [0.15, 0.2) is 47.4 Å². The molecule has 0 saturated heterocycles. The first-order chi connectivity index (χ1) is 12.4. The van der Waals surface area contributed by atoms with Gasteiger partial charge in [0, 0.05) is 29.6 Å². The van der Waals surface area contributed by atoms with Crippen molar-refractivity contribution in [2.45, 2.75) is 17.9 Å². The molecule has 1 unspecified atom stereocenters. The summed E-state index contributed by atoms with van der Waals surface area (Å²) in [5.41, 5.74) is 1.75. The van der Waals surface area contributed by atoms with Crippen molar-refractivity contribution >= 4 is 35.0 Å². The molecule has 26 heavy (non-hydrogen) atoms. The molecule has 2 aromatic carbocycles. The van der Waals surface area contributed by atoms with E-state index in [2.05, 4.69) is 5.32 Å². The normalized spacial score (nSPS) is 14.2. The topological polar surface area (TPSA) is 92.6 Å². The summed E-state index contributed by atoms with van der Waals surface area (Å²) in [4.78, 5) is 37.3. The van der Waals surface area contributed by atoms with E-state index >= 15 is 0 Å². The number of thioether (sulfide) groups is 1. The molecule has 7 nitrogen and oxygen atoms in total. The maximum absolute atomic E-state index is 12.8. The standard InChI is InChI=1S/C18H17N3O4S/c1-11(12-4-3-5-14(8-12)21(24)25)20(2)18(23)13-6-7-16-15(9-13)19-17(22)10-26-16/h3-9,11H,10H2,1-2H3,(H,19,22). The molecule has 1 aliphatic rings. The Bertz CT molecular complexity index is 900. The SMILES string of the molecule is CC(c1cccc([N+](=O)[O-])c1)N(C)C(=O)c1ccc2c(c1)NC(=O)CS2. The van der Waals surface area contributed by atoms with Gasteiger partial charge in [0.2, 0.25) is 5.91 Å². The summed E-state index contributed by atoms with van der Waals surface area (Å²) in [6, 6.07) is 11.1. The van der Waals surface area contributed by atoms with Crippen LogP contribution in [-0.2, 0) is 4.79 Å². The highest BCUT2D eigenvalue weighted by Crippen LogP contribution is 2.33. The first kappa shape index (κ1) is 17.9. The van der Waals surface area contributed by atoms with Gasteiger partial charge in [0.1, 0.15) is 0 Å². The number of hydrogen-bond donors (Lipinski definition) is 1. The summed E-state index contributed by atoms with van der Waals surface area (Å²) < 4.78 is 0. The Morgan fingerprint density at radius 1 is 1.31 bits per heavy atom. The van der Waals surface area contributed by atoms with Crippen LogP contribution in [0.1, 0.15) is 28.9 Å². The molecule has 0 aliphatic carbocycles. The number of anilines is 1. The van der Waals surface area contributed by atoms with E-state index in [1.165, 1.54) is 28.8 Å². The highest BCUT2D eigenvalue weighted by Gasteiger charge is 2.23. The third kappa shape index (κ3) is 3.55. The number of nitrogens with zero attached hydrogens (tertiary/aromatic N) is 2. The molecule has 134 valence electrons. The highest BCUT2D eigenvalue weighted by atomic mass is 32.2. The van der Waals surface area contributed by atoms with Crippen molar-refractivity contribution < 1.29 is 14.5 Å². The predicted molar refractivity (Wildman–Crippen MR) is 99.4 cm³/mol. The van der Waals surface area contributed by atoms with E-state index in [0.29, 0.717) is 22.6 Å². The van der Waals surface area contributed by atoms with Crippen molar-refractivity contribution in [1.82, 2.24) is 4.90 Å². The summed E-state index contributed by atoms with van der Waals surface area (Å²) in [6.45, 7) is 1.81. The number of amides is 2. The van der Waals surface area contributed by atoms with Crippen LogP contribution in [0.4, 0.5) is 11.4 Å². The van der Waals surface area contributed by atoms with Gasteiger partial charge >= 0.3 is 0 Å². The number of rotatable bonds is 4. The molecular formula is C18H17N3O4S. The maximum Gasteiger partial charge on any atom is 0.269 e. The molecule has 1 heterocycles. The molecule has 2 aromatic rings. The molecular weight excluding hydrogens is 354 g/mol. The third-order valence-electron chi connectivity index (χ3n) is 4.32. The molecule has 1 N–H and O–H groups in total. The second kappa shape index (κ2) is 7.17. The average Bonchev–Trinajstić information content (AvgIpc) is 2.65. The monoisotopic (exact) mass is 371 g/mol. The quantitative estimate of drug-likeness (QED) is 0.656. The van der Waals surface area contributed by atoms with E-state index in [1.54, 1.807) is 31.3 Å². The third-order valence-corrected chi connectivity index (χ3v) is 5.40. The molecule has 8 heteroatoms. The van der Waals surface area contributed by atoms with Crippen LogP contribution in [0.2, 0.25) is 0 Å². The lowest BCUT2D eigenvalue weighted by molar-refractivity contribution is -0.384. The molecule has 0 radical (unpaired) electrons. The Kier molecular flexibility index (Phi) is 4.94. The van der Waals surface area contributed by atoms with Crippen molar-refractivity contribution in [2.24, 2.45) is 0 Å². The first-order valence-corrected chi connectivity index (χ1v) is 8.93. The zero-order chi connectivity index (χ0) is 18.8. The number of carbonyl (C=O) groups excluding carboxylic acids is 2. The summed E-state index contributed by atoms with van der Waals surface area (Å²) in [6.07, 6.45) is 0. The van der Waals surface area contributed by atoms with E-state index in [-0.39, 0.29) is 23.5 Å². The van der Waals surface area contributed by atoms with Crippen LogP contribution in [-0.4, -0.2) is 34.4 Å². The number of hydrogen-bond acceptors (Lipinski definition) is 5. The van der Waals surface area contributed by atoms with Crippen molar-refractivity contribution in [3.05, 3.63) is 63.7 Å². The summed E-state index contributed by atoms with van der Waals surface area (Å²) >= 11 is 1.43. The van der Waals surface area contributed by atoms with Gasteiger partial charge in [-0.3, -0.25) is 19.7 Å². The average molecular weight is 371 g/mol. The van der Waals surface area contributed by atoms with Crippen molar-refractivity contribution in [3.63, 3.8) is 0 Å².